The molecule has 1 aliphatic carbocycles. The summed E-state index contributed by atoms with van der Waals surface area (Å²) in [5.41, 5.74) is 3.91. The van der Waals surface area contributed by atoms with E-state index in [1.54, 1.807) is 23.9 Å². The van der Waals surface area contributed by atoms with Crippen molar-refractivity contribution in [2.45, 2.75) is 22.7 Å². The molecule has 1 atom stereocenters. The number of aryl methyl sites for hydroxylation is 1. The number of amides is 1. The monoisotopic (exact) mass is 517 g/mol. The van der Waals surface area contributed by atoms with Crippen LogP contribution in [-0.4, -0.2) is 21.6 Å². The largest absolute Gasteiger partial charge is 0.301 e. The van der Waals surface area contributed by atoms with Gasteiger partial charge in [-0.3, -0.25) is 9.59 Å². The highest BCUT2D eigenvalue weighted by Crippen LogP contribution is 2.42. The lowest BCUT2D eigenvalue weighted by molar-refractivity contribution is -0.113. The number of nitrogens with one attached hydrogen (secondary N) is 1. The number of aliphatic imine (C=N–C) groups is 1. The quantitative estimate of drug-likeness (QED) is 0.313. The highest BCUT2D eigenvalue weighted by atomic mass is 35.5. The Balaban J connectivity index is 1.49. The predicted octanol–water partition coefficient (Wildman–Crippen LogP) is 6.16. The Hall–Kier alpha value is -3.13. The summed E-state index contributed by atoms with van der Waals surface area (Å²) < 4.78 is 0. The van der Waals surface area contributed by atoms with Crippen LogP contribution in [0.3, 0.4) is 0 Å². The van der Waals surface area contributed by atoms with Gasteiger partial charge in [0.1, 0.15) is 0 Å². The molecule has 35 heavy (non-hydrogen) atoms. The van der Waals surface area contributed by atoms with Gasteiger partial charge in [0, 0.05) is 27.7 Å². The zero-order valence-corrected chi connectivity index (χ0v) is 21.1. The van der Waals surface area contributed by atoms with E-state index >= 15 is 0 Å². The third kappa shape index (κ3) is 5.42. The molecule has 3 aromatic rings. The van der Waals surface area contributed by atoms with Crippen LogP contribution >= 0.6 is 35.1 Å². The number of carbonyl (C=O) groups excluding carboxylic acids is 1. The fourth-order valence-electron chi connectivity index (χ4n) is 3.85. The number of carbonyl (C=O) groups is 1. The summed E-state index contributed by atoms with van der Waals surface area (Å²) in [6.07, 6.45) is 5.40. The maximum atomic E-state index is 13.1. The van der Waals surface area contributed by atoms with Crippen LogP contribution in [0.5, 0.6) is 0 Å². The van der Waals surface area contributed by atoms with E-state index < -0.39 is 0 Å². The normalized spacial score (nSPS) is 17.2. The van der Waals surface area contributed by atoms with Gasteiger partial charge in [0.25, 0.3) is 11.5 Å². The van der Waals surface area contributed by atoms with E-state index in [-0.39, 0.29) is 17.4 Å². The van der Waals surface area contributed by atoms with E-state index in [1.807, 2.05) is 55.5 Å². The van der Waals surface area contributed by atoms with Gasteiger partial charge in [0.05, 0.1) is 16.3 Å². The van der Waals surface area contributed by atoms with E-state index in [1.165, 1.54) is 11.6 Å². The summed E-state index contributed by atoms with van der Waals surface area (Å²) >= 11 is 9.05. The molecule has 5 nitrogen and oxygen atoms in total. The van der Waals surface area contributed by atoms with Crippen LogP contribution < -0.4 is 5.56 Å². The zero-order chi connectivity index (χ0) is 24.4. The van der Waals surface area contributed by atoms with E-state index in [0.717, 1.165) is 27.8 Å². The topological polar surface area (TPSA) is 75.2 Å². The van der Waals surface area contributed by atoms with Gasteiger partial charge in [-0.2, -0.15) is 0 Å². The predicted molar refractivity (Wildman–Crippen MR) is 144 cm³/mol. The molecule has 5 rings (SSSR count). The molecule has 0 saturated heterocycles. The maximum Gasteiger partial charge on any atom is 0.284 e. The van der Waals surface area contributed by atoms with Crippen LogP contribution in [-0.2, 0) is 10.5 Å². The standard InChI is InChI=1S/C27H20ClN3O2S2/c1-16-7-10-20(11-8-16)34-15-19-14-23(32)31-27(29-19)35-25-24(17-5-3-2-4-6-17)21-13-18(28)9-12-22(21)30-26(25)33/h2-14,21H,15H2,1H3,(H,29,31,32). The Bertz CT molecular complexity index is 1470. The molecule has 1 N–H and O–H groups in total. The zero-order valence-electron chi connectivity index (χ0n) is 18.7. The SMILES string of the molecule is Cc1ccc(SCc2cc(=O)[nH]c(SC3=C(c4ccccc4)C4C=C(Cl)C=CC4=NC3=O)n2)cc1. The highest BCUT2D eigenvalue weighted by Gasteiger charge is 2.33. The summed E-state index contributed by atoms with van der Waals surface area (Å²) in [5.74, 6) is -0.0898. The second-order valence-electron chi connectivity index (χ2n) is 8.06. The molecule has 2 aromatic carbocycles. The van der Waals surface area contributed by atoms with Gasteiger partial charge in [-0.05, 0) is 54.1 Å². The van der Waals surface area contributed by atoms with Gasteiger partial charge >= 0.3 is 0 Å². The lowest BCUT2D eigenvalue weighted by atomic mass is 9.84. The Morgan fingerprint density at radius 1 is 1.03 bits per heavy atom. The van der Waals surface area contributed by atoms with Gasteiger partial charge in [0.15, 0.2) is 5.16 Å². The third-order valence-electron chi connectivity index (χ3n) is 5.50. The number of aromatic amines is 1. The van der Waals surface area contributed by atoms with Crippen LogP contribution in [0.1, 0.15) is 16.8 Å². The summed E-state index contributed by atoms with van der Waals surface area (Å²) in [5, 5.41) is 0.941. The van der Waals surface area contributed by atoms with E-state index in [2.05, 4.69) is 27.1 Å². The van der Waals surface area contributed by atoms with Crippen molar-refractivity contribution >= 4 is 52.3 Å². The lowest BCUT2D eigenvalue weighted by Crippen LogP contribution is -2.24. The van der Waals surface area contributed by atoms with Crippen molar-refractivity contribution in [3.63, 3.8) is 0 Å². The number of aromatic nitrogens is 2. The van der Waals surface area contributed by atoms with Gasteiger partial charge < -0.3 is 4.98 Å². The van der Waals surface area contributed by atoms with Crippen molar-refractivity contribution in [1.82, 2.24) is 9.97 Å². The van der Waals surface area contributed by atoms with E-state index in [0.29, 0.717) is 32.3 Å². The van der Waals surface area contributed by atoms with Crippen molar-refractivity contribution in [2.24, 2.45) is 10.9 Å². The molecule has 8 heteroatoms. The molecule has 0 radical (unpaired) electrons. The summed E-state index contributed by atoms with van der Waals surface area (Å²) in [6.45, 7) is 2.04. The Morgan fingerprint density at radius 3 is 2.57 bits per heavy atom. The van der Waals surface area contributed by atoms with Crippen molar-refractivity contribution in [2.75, 3.05) is 0 Å². The molecule has 0 saturated carbocycles. The smallest absolute Gasteiger partial charge is 0.284 e. The second kappa shape index (κ2) is 10.2. The molecule has 174 valence electrons. The van der Waals surface area contributed by atoms with Crippen LogP contribution in [0, 0.1) is 12.8 Å². The van der Waals surface area contributed by atoms with Gasteiger partial charge in [-0.25, -0.2) is 9.98 Å². The fourth-order valence-corrected chi connectivity index (χ4v) is 5.83. The van der Waals surface area contributed by atoms with Gasteiger partial charge in [-0.1, -0.05) is 65.7 Å². The number of hydrogen-bond acceptors (Lipinski definition) is 5. The van der Waals surface area contributed by atoms with Gasteiger partial charge in [0.2, 0.25) is 0 Å². The van der Waals surface area contributed by atoms with E-state index in [9.17, 15) is 9.59 Å². The van der Waals surface area contributed by atoms with Gasteiger partial charge in [-0.15, -0.1) is 11.8 Å². The second-order valence-corrected chi connectivity index (χ2v) is 10.5. The molecule has 0 spiro atoms. The first-order valence-corrected chi connectivity index (χ1v) is 13.1. The minimum absolute atomic E-state index is 0.262. The van der Waals surface area contributed by atoms with Crippen LogP contribution in [0.25, 0.3) is 5.57 Å². The molecule has 1 aliphatic heterocycles. The first-order valence-electron chi connectivity index (χ1n) is 10.9. The Morgan fingerprint density at radius 2 is 1.80 bits per heavy atom. The highest BCUT2D eigenvalue weighted by molar-refractivity contribution is 8.04. The summed E-state index contributed by atoms with van der Waals surface area (Å²) in [7, 11) is 0. The van der Waals surface area contributed by atoms with Crippen LogP contribution in [0.2, 0.25) is 0 Å². The number of dihydropyridines is 1. The number of rotatable bonds is 6. The number of thioether (sulfide) groups is 2. The molecule has 0 fully saturated rings. The number of H-pyrrole nitrogens is 1. The average molecular weight is 518 g/mol. The molecular weight excluding hydrogens is 498 g/mol. The van der Waals surface area contributed by atoms with Crippen molar-refractivity contribution in [3.8, 4) is 0 Å². The number of hydrogen-bond donors (Lipinski definition) is 1. The fraction of sp³-hybridized carbons (Fsp3) is 0.111. The van der Waals surface area contributed by atoms with Crippen molar-refractivity contribution < 1.29 is 4.79 Å². The van der Waals surface area contributed by atoms with E-state index in [4.69, 9.17) is 11.6 Å². The minimum Gasteiger partial charge on any atom is -0.301 e. The number of halogens is 1. The summed E-state index contributed by atoms with van der Waals surface area (Å²) in [4.78, 5) is 38.8. The number of allylic oxidation sites excluding steroid dienone is 5. The van der Waals surface area contributed by atoms with Crippen molar-refractivity contribution in [3.05, 3.63) is 116 Å². The molecule has 0 bridgehead atoms. The summed E-state index contributed by atoms with van der Waals surface area (Å²) in [6, 6.07) is 19.4. The van der Waals surface area contributed by atoms with Crippen LogP contribution in [0.4, 0.5) is 0 Å². The minimum atomic E-state index is -0.363. The Kier molecular flexibility index (Phi) is 6.90. The average Bonchev–Trinajstić information content (AvgIpc) is 2.85. The first kappa shape index (κ1) is 23.6. The molecule has 2 heterocycles. The lowest BCUT2D eigenvalue weighted by Gasteiger charge is -2.26. The molecule has 2 aliphatic rings. The molecule has 1 unspecified atom stereocenters. The van der Waals surface area contributed by atoms with Crippen LogP contribution in [0.15, 0.2) is 109 Å². The molecule has 1 amide bonds. The molecule has 1 aromatic heterocycles. The first-order chi connectivity index (χ1) is 17.0. The molecular formula is C27H20ClN3O2S2. The number of benzene rings is 2. The number of fused-ring (bicyclic) bond motifs is 1. The third-order valence-corrected chi connectivity index (χ3v) is 7.79. The van der Waals surface area contributed by atoms with Crippen molar-refractivity contribution in [1.29, 1.82) is 0 Å². The maximum absolute atomic E-state index is 13.1. The Labute approximate surface area is 216 Å². The number of nitrogens with zero attached hydrogens (tertiary/aromatic N) is 2.